The molecule has 122 valence electrons. The Bertz CT molecular complexity index is 933. The van der Waals surface area contributed by atoms with Gasteiger partial charge in [0, 0.05) is 11.6 Å². The molecule has 0 atom stereocenters. The molecule has 3 aromatic rings. The van der Waals surface area contributed by atoms with Gasteiger partial charge in [0.25, 0.3) is 5.91 Å². The quantitative estimate of drug-likeness (QED) is 0.787. The smallest absolute Gasteiger partial charge is 0.276 e. The van der Waals surface area contributed by atoms with Crippen LogP contribution < -0.4 is 10.1 Å². The summed E-state index contributed by atoms with van der Waals surface area (Å²) in [4.78, 5) is 16.9. The summed E-state index contributed by atoms with van der Waals surface area (Å²) in [6.07, 6.45) is 4.25. The Balaban J connectivity index is 1.57. The number of nitrogens with one attached hydrogen (secondary N) is 1. The molecule has 0 saturated heterocycles. The van der Waals surface area contributed by atoms with Crippen LogP contribution in [0.3, 0.4) is 0 Å². The average Bonchev–Trinajstić information content (AvgIpc) is 3.34. The zero-order valence-corrected chi connectivity index (χ0v) is 13.7. The van der Waals surface area contributed by atoms with E-state index < -0.39 is 0 Å². The first-order valence-electron chi connectivity index (χ1n) is 7.65. The van der Waals surface area contributed by atoms with Crippen LogP contribution in [0.25, 0.3) is 5.65 Å². The minimum absolute atomic E-state index is 0.306. The highest BCUT2D eigenvalue weighted by molar-refractivity contribution is 6.32. The number of hydrogen-bond donors (Lipinski definition) is 1. The molecule has 4 rings (SSSR count). The van der Waals surface area contributed by atoms with Crippen molar-refractivity contribution in [1.29, 1.82) is 0 Å². The molecule has 1 aliphatic rings. The minimum Gasteiger partial charge on any atom is -0.495 e. The lowest BCUT2D eigenvalue weighted by molar-refractivity contribution is 0.102. The van der Waals surface area contributed by atoms with Gasteiger partial charge in [0.15, 0.2) is 5.65 Å². The van der Waals surface area contributed by atoms with Gasteiger partial charge in [-0.2, -0.15) is 5.10 Å². The number of nitrogens with zero attached hydrogens (tertiary/aromatic N) is 3. The van der Waals surface area contributed by atoms with Crippen LogP contribution in [0, 0.1) is 0 Å². The summed E-state index contributed by atoms with van der Waals surface area (Å²) < 4.78 is 6.75. The van der Waals surface area contributed by atoms with Crippen molar-refractivity contribution in [3.63, 3.8) is 0 Å². The van der Waals surface area contributed by atoms with E-state index in [1.54, 1.807) is 42.0 Å². The average molecular weight is 343 g/mol. The first-order chi connectivity index (χ1) is 11.6. The summed E-state index contributed by atoms with van der Waals surface area (Å²) in [5.74, 6) is 0.797. The Kier molecular flexibility index (Phi) is 3.61. The maximum atomic E-state index is 12.4. The molecule has 0 aliphatic heterocycles. The van der Waals surface area contributed by atoms with E-state index in [1.807, 2.05) is 6.20 Å². The van der Waals surface area contributed by atoms with Crippen molar-refractivity contribution in [2.24, 2.45) is 0 Å². The summed E-state index contributed by atoms with van der Waals surface area (Å²) in [5, 5.41) is 7.56. The zero-order valence-electron chi connectivity index (χ0n) is 13.0. The number of anilines is 1. The maximum Gasteiger partial charge on any atom is 0.276 e. The molecule has 1 saturated carbocycles. The van der Waals surface area contributed by atoms with Gasteiger partial charge in [-0.3, -0.25) is 4.79 Å². The summed E-state index contributed by atoms with van der Waals surface area (Å²) >= 11 is 6.07. The minimum atomic E-state index is -0.306. The molecule has 1 aliphatic carbocycles. The first-order valence-corrected chi connectivity index (χ1v) is 8.03. The van der Waals surface area contributed by atoms with E-state index in [-0.39, 0.29) is 5.91 Å². The summed E-state index contributed by atoms with van der Waals surface area (Å²) in [6, 6.07) is 8.53. The lowest BCUT2D eigenvalue weighted by Gasteiger charge is -2.07. The van der Waals surface area contributed by atoms with Crippen LogP contribution in [0.2, 0.25) is 5.02 Å². The molecular weight excluding hydrogens is 328 g/mol. The van der Waals surface area contributed by atoms with Crippen LogP contribution >= 0.6 is 11.6 Å². The number of benzene rings is 1. The lowest BCUT2D eigenvalue weighted by Crippen LogP contribution is -2.15. The number of rotatable bonds is 4. The fourth-order valence-electron chi connectivity index (χ4n) is 2.54. The summed E-state index contributed by atoms with van der Waals surface area (Å²) in [5.41, 5.74) is 2.69. The monoisotopic (exact) mass is 342 g/mol. The van der Waals surface area contributed by atoms with Crippen LogP contribution in [-0.2, 0) is 0 Å². The second kappa shape index (κ2) is 5.79. The van der Waals surface area contributed by atoms with Crippen molar-refractivity contribution in [3.8, 4) is 5.75 Å². The number of carbonyl (C=O) groups is 1. The number of carbonyl (C=O) groups excluding carboxylic acids is 1. The van der Waals surface area contributed by atoms with E-state index in [4.69, 9.17) is 16.3 Å². The third-order valence-corrected chi connectivity index (χ3v) is 4.27. The molecule has 7 heteroatoms. The number of halogens is 1. The number of ether oxygens (including phenoxy) is 1. The highest BCUT2D eigenvalue weighted by atomic mass is 35.5. The molecule has 1 aromatic carbocycles. The molecule has 2 heterocycles. The highest BCUT2D eigenvalue weighted by Crippen LogP contribution is 2.39. The Hall–Kier alpha value is -2.60. The molecule has 1 amide bonds. The van der Waals surface area contributed by atoms with Crippen LogP contribution in [0.4, 0.5) is 5.69 Å². The topological polar surface area (TPSA) is 68.5 Å². The van der Waals surface area contributed by atoms with Crippen molar-refractivity contribution < 1.29 is 9.53 Å². The lowest BCUT2D eigenvalue weighted by atomic mass is 10.3. The van der Waals surface area contributed by atoms with E-state index in [2.05, 4.69) is 15.4 Å². The molecule has 1 N–H and O–H groups in total. The van der Waals surface area contributed by atoms with Gasteiger partial charge in [0.2, 0.25) is 0 Å². The Labute approximate surface area is 143 Å². The van der Waals surface area contributed by atoms with Crippen molar-refractivity contribution >= 4 is 28.8 Å². The molecule has 0 bridgehead atoms. The molecule has 24 heavy (non-hydrogen) atoms. The largest absolute Gasteiger partial charge is 0.495 e. The molecule has 0 radical (unpaired) electrons. The molecule has 2 aromatic heterocycles. The zero-order chi connectivity index (χ0) is 16.7. The second-order valence-corrected chi connectivity index (χ2v) is 6.17. The van der Waals surface area contributed by atoms with Gasteiger partial charge < -0.3 is 10.1 Å². The van der Waals surface area contributed by atoms with E-state index in [1.165, 1.54) is 12.8 Å². The molecule has 6 nitrogen and oxygen atoms in total. The number of fused-ring (bicyclic) bond motifs is 1. The fraction of sp³-hybridized carbons (Fsp3) is 0.235. The number of aromatic nitrogens is 3. The number of amides is 1. The fourth-order valence-corrected chi connectivity index (χ4v) is 2.79. The van der Waals surface area contributed by atoms with Crippen molar-refractivity contribution in [1.82, 2.24) is 14.6 Å². The van der Waals surface area contributed by atoms with E-state index in [0.717, 1.165) is 11.3 Å². The van der Waals surface area contributed by atoms with Gasteiger partial charge >= 0.3 is 0 Å². The first kappa shape index (κ1) is 15.0. The Morgan fingerprint density at radius 3 is 2.88 bits per heavy atom. The molecule has 0 spiro atoms. The van der Waals surface area contributed by atoms with Gasteiger partial charge in [-0.1, -0.05) is 11.6 Å². The highest BCUT2D eigenvalue weighted by Gasteiger charge is 2.26. The number of imidazole rings is 1. The Morgan fingerprint density at radius 2 is 2.17 bits per heavy atom. The predicted octanol–water partition coefficient (Wildman–Crippen LogP) is 3.52. The van der Waals surface area contributed by atoms with E-state index in [9.17, 15) is 4.79 Å². The van der Waals surface area contributed by atoms with Crippen LogP contribution in [0.1, 0.15) is 34.9 Å². The summed E-state index contributed by atoms with van der Waals surface area (Å²) in [7, 11) is 1.54. The van der Waals surface area contributed by atoms with Gasteiger partial charge in [0.05, 0.1) is 24.0 Å². The van der Waals surface area contributed by atoms with Gasteiger partial charge in [-0.15, -0.1) is 0 Å². The van der Waals surface area contributed by atoms with Crippen LogP contribution in [0.15, 0.2) is 36.5 Å². The molecule has 1 fully saturated rings. The maximum absolute atomic E-state index is 12.4. The normalized spacial score (nSPS) is 13.9. The third kappa shape index (κ3) is 2.80. The van der Waals surface area contributed by atoms with E-state index >= 15 is 0 Å². The van der Waals surface area contributed by atoms with Crippen LogP contribution in [0.5, 0.6) is 5.75 Å². The third-order valence-electron chi connectivity index (χ3n) is 3.98. The van der Waals surface area contributed by atoms with Crippen molar-refractivity contribution in [2.75, 3.05) is 12.4 Å². The van der Waals surface area contributed by atoms with Crippen molar-refractivity contribution in [3.05, 3.63) is 52.9 Å². The summed E-state index contributed by atoms with van der Waals surface area (Å²) in [6.45, 7) is 0. The molecule has 0 unspecified atom stereocenters. The standard InChI is InChI=1S/C17H15ClN4O2/c1-24-15-6-4-11(8-12(15)18)19-17(23)13-5-7-16-20-14(10-2-3-10)9-22(16)21-13/h4-10H,2-3H2,1H3,(H,19,23). The van der Waals surface area contributed by atoms with Gasteiger partial charge in [0.1, 0.15) is 11.4 Å². The second-order valence-electron chi connectivity index (χ2n) is 5.76. The predicted molar refractivity (Wildman–Crippen MR) is 90.9 cm³/mol. The van der Waals surface area contributed by atoms with Crippen LogP contribution in [-0.4, -0.2) is 27.6 Å². The van der Waals surface area contributed by atoms with Crippen molar-refractivity contribution in [2.45, 2.75) is 18.8 Å². The van der Waals surface area contributed by atoms with E-state index in [0.29, 0.717) is 28.1 Å². The van der Waals surface area contributed by atoms with Gasteiger partial charge in [-0.25, -0.2) is 9.50 Å². The molecular formula is C17H15ClN4O2. The number of hydrogen-bond acceptors (Lipinski definition) is 4. The van der Waals surface area contributed by atoms with Gasteiger partial charge in [-0.05, 0) is 43.2 Å². The Morgan fingerprint density at radius 1 is 1.33 bits per heavy atom. The number of methoxy groups -OCH3 is 1. The SMILES string of the molecule is COc1ccc(NC(=O)c2ccc3nc(C4CC4)cn3n2)cc1Cl.